The van der Waals surface area contributed by atoms with E-state index in [0.717, 1.165) is 19.4 Å². The number of nitrogens with two attached hydrogens (primary N) is 1. The molecule has 1 aliphatic carbocycles. The van der Waals surface area contributed by atoms with Gasteiger partial charge >= 0.3 is 0 Å². The molecule has 0 saturated heterocycles. The molecule has 0 spiro atoms. The van der Waals surface area contributed by atoms with Crippen molar-refractivity contribution in [3.8, 4) is 0 Å². The van der Waals surface area contributed by atoms with Crippen LogP contribution in [0.3, 0.4) is 0 Å². The highest BCUT2D eigenvalue weighted by molar-refractivity contribution is 5.85. The average Bonchev–Trinajstić information content (AvgIpc) is 1.79. The summed E-state index contributed by atoms with van der Waals surface area (Å²) in [5.74, 6) is 0. The highest BCUT2D eigenvalue weighted by Gasteiger charge is 2.35. The second-order valence-electron chi connectivity index (χ2n) is 2.67. The topological polar surface area (TPSA) is 35.2 Å². The normalized spacial score (nSPS) is 21.0. The molecule has 3 heteroatoms. The molecular formula is C7H16ClNO. The van der Waals surface area contributed by atoms with Crippen molar-refractivity contribution in [2.45, 2.75) is 31.8 Å². The van der Waals surface area contributed by atoms with E-state index in [1.807, 2.05) is 6.92 Å². The fraction of sp³-hybridized carbons (Fsp3) is 1.00. The molecule has 0 bridgehead atoms. The van der Waals surface area contributed by atoms with E-state index in [9.17, 15) is 0 Å². The summed E-state index contributed by atoms with van der Waals surface area (Å²) in [6, 6.07) is 0. The maximum atomic E-state index is 5.53. The third-order valence-electron chi connectivity index (χ3n) is 2.09. The lowest BCUT2D eigenvalue weighted by molar-refractivity contribution is -0.0868. The fourth-order valence-electron chi connectivity index (χ4n) is 1.28. The van der Waals surface area contributed by atoms with Crippen LogP contribution in [-0.2, 0) is 4.74 Å². The highest BCUT2D eigenvalue weighted by atomic mass is 35.5. The van der Waals surface area contributed by atoms with Crippen molar-refractivity contribution < 1.29 is 4.74 Å². The van der Waals surface area contributed by atoms with E-state index < -0.39 is 0 Å². The Bertz CT molecular complexity index is 88.1. The van der Waals surface area contributed by atoms with Crippen LogP contribution in [0.2, 0.25) is 0 Å². The zero-order valence-electron chi connectivity index (χ0n) is 6.43. The summed E-state index contributed by atoms with van der Waals surface area (Å²) in [5, 5.41) is 0. The smallest absolute Gasteiger partial charge is 0.0804 e. The van der Waals surface area contributed by atoms with Crippen molar-refractivity contribution in [1.82, 2.24) is 0 Å². The number of rotatable bonds is 3. The first-order valence-electron chi connectivity index (χ1n) is 3.67. The Labute approximate surface area is 68.5 Å². The van der Waals surface area contributed by atoms with Gasteiger partial charge in [0, 0.05) is 13.2 Å². The van der Waals surface area contributed by atoms with Crippen LogP contribution in [0.4, 0.5) is 0 Å². The molecule has 2 N–H and O–H groups in total. The van der Waals surface area contributed by atoms with Crippen molar-refractivity contribution in [3.05, 3.63) is 0 Å². The minimum atomic E-state index is 0. The molecule has 10 heavy (non-hydrogen) atoms. The Balaban J connectivity index is 0.000000810. The summed E-state index contributed by atoms with van der Waals surface area (Å²) in [7, 11) is 0. The first kappa shape index (κ1) is 10.2. The van der Waals surface area contributed by atoms with E-state index in [-0.39, 0.29) is 18.0 Å². The minimum Gasteiger partial charge on any atom is -0.374 e. The molecule has 0 aromatic rings. The van der Waals surface area contributed by atoms with Gasteiger partial charge < -0.3 is 10.5 Å². The van der Waals surface area contributed by atoms with Crippen LogP contribution >= 0.6 is 12.4 Å². The van der Waals surface area contributed by atoms with Gasteiger partial charge in [-0.3, -0.25) is 0 Å². The maximum absolute atomic E-state index is 5.53. The van der Waals surface area contributed by atoms with E-state index in [2.05, 4.69) is 0 Å². The number of ether oxygens (including phenoxy) is 1. The second-order valence-corrected chi connectivity index (χ2v) is 2.67. The molecule has 1 rings (SSSR count). The zero-order chi connectivity index (χ0) is 6.74. The predicted octanol–water partition coefficient (Wildman–Crippen LogP) is 1.33. The molecule has 1 aliphatic rings. The van der Waals surface area contributed by atoms with Gasteiger partial charge in [-0.2, -0.15) is 0 Å². The molecule has 0 aromatic heterocycles. The molecule has 0 aliphatic heterocycles. The summed E-state index contributed by atoms with van der Waals surface area (Å²) < 4.78 is 5.49. The van der Waals surface area contributed by atoms with E-state index in [1.54, 1.807) is 0 Å². The molecule has 1 fully saturated rings. The molecule has 62 valence electrons. The first-order valence-corrected chi connectivity index (χ1v) is 3.67. The van der Waals surface area contributed by atoms with Crippen molar-refractivity contribution in [2.75, 3.05) is 13.2 Å². The van der Waals surface area contributed by atoms with Gasteiger partial charge in [0.05, 0.1) is 5.60 Å². The van der Waals surface area contributed by atoms with Gasteiger partial charge in [-0.1, -0.05) is 0 Å². The third-order valence-corrected chi connectivity index (χ3v) is 2.09. The highest BCUT2D eigenvalue weighted by Crippen LogP contribution is 2.34. The van der Waals surface area contributed by atoms with Gasteiger partial charge in [0.1, 0.15) is 0 Å². The van der Waals surface area contributed by atoms with Crippen molar-refractivity contribution in [3.63, 3.8) is 0 Å². The van der Waals surface area contributed by atoms with E-state index in [4.69, 9.17) is 10.5 Å². The van der Waals surface area contributed by atoms with Gasteiger partial charge in [-0.25, -0.2) is 0 Å². The van der Waals surface area contributed by atoms with E-state index in [0.29, 0.717) is 6.54 Å². The second kappa shape index (κ2) is 4.16. The Morgan fingerprint density at radius 3 is 2.20 bits per heavy atom. The Hall–Kier alpha value is 0.210. The average molecular weight is 166 g/mol. The van der Waals surface area contributed by atoms with Crippen LogP contribution in [0.25, 0.3) is 0 Å². The monoisotopic (exact) mass is 165 g/mol. The summed E-state index contributed by atoms with van der Waals surface area (Å²) in [6.45, 7) is 3.52. The summed E-state index contributed by atoms with van der Waals surface area (Å²) in [4.78, 5) is 0. The number of hydrogen-bond donors (Lipinski definition) is 1. The fourth-order valence-corrected chi connectivity index (χ4v) is 1.28. The van der Waals surface area contributed by atoms with Crippen molar-refractivity contribution in [2.24, 2.45) is 5.73 Å². The quantitative estimate of drug-likeness (QED) is 0.685. The van der Waals surface area contributed by atoms with Crippen LogP contribution in [-0.4, -0.2) is 18.8 Å². The molecule has 2 nitrogen and oxygen atoms in total. The van der Waals surface area contributed by atoms with E-state index in [1.165, 1.54) is 6.42 Å². The van der Waals surface area contributed by atoms with Crippen molar-refractivity contribution in [1.29, 1.82) is 0 Å². The molecule has 0 radical (unpaired) electrons. The molecular weight excluding hydrogens is 150 g/mol. The molecule has 0 unspecified atom stereocenters. The summed E-state index contributed by atoms with van der Waals surface area (Å²) in [6.07, 6.45) is 3.62. The van der Waals surface area contributed by atoms with Crippen LogP contribution in [0, 0.1) is 0 Å². The van der Waals surface area contributed by atoms with Crippen LogP contribution < -0.4 is 5.73 Å². The van der Waals surface area contributed by atoms with Crippen LogP contribution in [0.15, 0.2) is 0 Å². The third kappa shape index (κ3) is 1.84. The Morgan fingerprint density at radius 1 is 1.50 bits per heavy atom. The number of hydrogen-bond acceptors (Lipinski definition) is 2. The SMILES string of the molecule is CCOC1(CN)CCC1.Cl. The minimum absolute atomic E-state index is 0. The molecule has 0 aromatic carbocycles. The predicted molar refractivity (Wildman–Crippen MR) is 44.5 cm³/mol. The van der Waals surface area contributed by atoms with E-state index >= 15 is 0 Å². The largest absolute Gasteiger partial charge is 0.374 e. The van der Waals surface area contributed by atoms with Gasteiger partial charge in [-0.05, 0) is 26.2 Å². The Kier molecular flexibility index (Phi) is 4.25. The lowest BCUT2D eigenvalue weighted by Crippen LogP contribution is -2.46. The standard InChI is InChI=1S/C7H15NO.ClH/c1-2-9-7(6-8)4-3-5-7;/h2-6,8H2,1H3;1H. The van der Waals surface area contributed by atoms with Crippen molar-refractivity contribution >= 4 is 12.4 Å². The number of halogens is 1. The van der Waals surface area contributed by atoms with Gasteiger partial charge in [0.25, 0.3) is 0 Å². The zero-order valence-corrected chi connectivity index (χ0v) is 7.25. The van der Waals surface area contributed by atoms with Gasteiger partial charge in [0.2, 0.25) is 0 Å². The first-order chi connectivity index (χ1) is 4.33. The summed E-state index contributed by atoms with van der Waals surface area (Å²) in [5.41, 5.74) is 5.62. The van der Waals surface area contributed by atoms with Crippen LogP contribution in [0.1, 0.15) is 26.2 Å². The molecule has 1 saturated carbocycles. The Morgan fingerprint density at radius 2 is 2.10 bits per heavy atom. The van der Waals surface area contributed by atoms with Crippen LogP contribution in [0.5, 0.6) is 0 Å². The summed E-state index contributed by atoms with van der Waals surface area (Å²) >= 11 is 0. The van der Waals surface area contributed by atoms with Gasteiger partial charge in [-0.15, -0.1) is 12.4 Å². The molecule has 0 atom stereocenters. The lowest BCUT2D eigenvalue weighted by Gasteiger charge is -2.40. The molecule has 0 amide bonds. The van der Waals surface area contributed by atoms with Gasteiger partial charge in [0.15, 0.2) is 0 Å². The lowest BCUT2D eigenvalue weighted by atomic mass is 9.80. The maximum Gasteiger partial charge on any atom is 0.0804 e. The molecule has 0 heterocycles.